The summed E-state index contributed by atoms with van der Waals surface area (Å²) in [4.78, 5) is 27.9. The number of hydrogen-bond donors (Lipinski definition) is 1. The van der Waals surface area contributed by atoms with E-state index < -0.39 is 0 Å². The van der Waals surface area contributed by atoms with Gasteiger partial charge in [-0.05, 0) is 66.1 Å². The van der Waals surface area contributed by atoms with Gasteiger partial charge in [0.05, 0.1) is 12.0 Å². The maximum Gasteiger partial charge on any atom is 0.261 e. The van der Waals surface area contributed by atoms with Crippen molar-refractivity contribution in [3.8, 4) is 5.75 Å². The second-order valence-corrected chi connectivity index (χ2v) is 8.65. The van der Waals surface area contributed by atoms with Crippen LogP contribution in [0.15, 0.2) is 66.0 Å². The lowest BCUT2D eigenvalue weighted by Gasteiger charge is -2.25. The Morgan fingerprint density at radius 3 is 2.68 bits per heavy atom. The Morgan fingerprint density at radius 2 is 1.94 bits per heavy atom. The summed E-state index contributed by atoms with van der Waals surface area (Å²) in [5.41, 5.74) is 2.84. The van der Waals surface area contributed by atoms with Gasteiger partial charge in [0, 0.05) is 24.7 Å². The highest BCUT2D eigenvalue weighted by Gasteiger charge is 2.29. The number of carbonyl (C=O) groups excluding carboxylic acids is 2. The third kappa shape index (κ3) is 5.14. The summed E-state index contributed by atoms with van der Waals surface area (Å²) in [6, 6.07) is 19.5. The number of carbonyl (C=O) groups is 2. The molecular formula is C25H26N2O3S. The van der Waals surface area contributed by atoms with Gasteiger partial charge < -0.3 is 15.0 Å². The van der Waals surface area contributed by atoms with E-state index in [1.165, 1.54) is 16.9 Å². The zero-order valence-electron chi connectivity index (χ0n) is 17.5. The van der Waals surface area contributed by atoms with E-state index in [4.69, 9.17) is 4.74 Å². The summed E-state index contributed by atoms with van der Waals surface area (Å²) in [5, 5.41) is 4.80. The summed E-state index contributed by atoms with van der Waals surface area (Å²) in [6.45, 7) is 1.22. The number of ether oxygens (including phenoxy) is 1. The van der Waals surface area contributed by atoms with Crippen LogP contribution in [0.1, 0.15) is 44.0 Å². The van der Waals surface area contributed by atoms with E-state index in [1.807, 2.05) is 58.8 Å². The summed E-state index contributed by atoms with van der Waals surface area (Å²) >= 11 is 1.42. The zero-order chi connectivity index (χ0) is 21.6. The highest BCUT2D eigenvalue weighted by Crippen LogP contribution is 2.25. The zero-order valence-corrected chi connectivity index (χ0v) is 18.4. The number of benzene rings is 2. The highest BCUT2D eigenvalue weighted by molar-refractivity contribution is 7.12. The van der Waals surface area contributed by atoms with Gasteiger partial charge in [-0.15, -0.1) is 11.3 Å². The summed E-state index contributed by atoms with van der Waals surface area (Å²) < 4.78 is 5.32. The lowest BCUT2D eigenvalue weighted by Crippen LogP contribution is -2.36. The average molecular weight is 435 g/mol. The van der Waals surface area contributed by atoms with E-state index >= 15 is 0 Å². The van der Waals surface area contributed by atoms with E-state index in [-0.39, 0.29) is 17.9 Å². The molecule has 4 rings (SSSR count). The number of nitrogens with one attached hydrogen (secondary N) is 1. The second kappa shape index (κ2) is 9.79. The highest BCUT2D eigenvalue weighted by atomic mass is 32.1. The number of rotatable bonds is 7. The van der Waals surface area contributed by atoms with Crippen molar-refractivity contribution >= 4 is 23.2 Å². The smallest absolute Gasteiger partial charge is 0.261 e. The first-order valence-electron chi connectivity index (χ1n) is 10.5. The molecule has 1 aliphatic rings. The van der Waals surface area contributed by atoms with Crippen molar-refractivity contribution in [2.45, 2.75) is 31.8 Å². The topological polar surface area (TPSA) is 58.6 Å². The minimum Gasteiger partial charge on any atom is -0.497 e. The minimum absolute atomic E-state index is 0.0690. The number of likely N-dealkylation sites (tertiary alicyclic amines) is 1. The number of thiophene rings is 1. The van der Waals surface area contributed by atoms with Gasteiger partial charge in [-0.2, -0.15) is 0 Å². The molecule has 31 heavy (non-hydrogen) atoms. The molecule has 0 radical (unpaired) electrons. The second-order valence-electron chi connectivity index (χ2n) is 7.71. The Labute approximate surface area is 186 Å². The Hall–Kier alpha value is -3.12. The van der Waals surface area contributed by atoms with Crippen molar-refractivity contribution in [2.75, 3.05) is 13.7 Å². The average Bonchev–Trinajstić information content (AvgIpc) is 3.50. The molecule has 0 bridgehead atoms. The molecule has 1 atom stereocenters. The van der Waals surface area contributed by atoms with E-state index in [1.54, 1.807) is 13.2 Å². The molecule has 0 spiro atoms. The first kappa shape index (κ1) is 21.1. The maximum atomic E-state index is 13.1. The van der Waals surface area contributed by atoms with Crippen molar-refractivity contribution < 1.29 is 14.3 Å². The predicted molar refractivity (Wildman–Crippen MR) is 123 cm³/mol. The van der Waals surface area contributed by atoms with Crippen LogP contribution < -0.4 is 10.1 Å². The molecule has 160 valence electrons. The van der Waals surface area contributed by atoms with Gasteiger partial charge in [0.2, 0.25) is 0 Å². The summed E-state index contributed by atoms with van der Waals surface area (Å²) in [5.74, 6) is 0.835. The van der Waals surface area contributed by atoms with Crippen LogP contribution in [0.4, 0.5) is 0 Å². The van der Waals surface area contributed by atoms with Crippen molar-refractivity contribution in [2.24, 2.45) is 0 Å². The number of methoxy groups -OCH3 is 1. The summed E-state index contributed by atoms with van der Waals surface area (Å²) in [6.07, 6.45) is 2.86. The van der Waals surface area contributed by atoms with Crippen molar-refractivity contribution in [1.29, 1.82) is 0 Å². The first-order valence-corrected chi connectivity index (χ1v) is 11.4. The normalized spacial score (nSPS) is 15.6. The largest absolute Gasteiger partial charge is 0.497 e. The molecule has 6 heteroatoms. The quantitative estimate of drug-likeness (QED) is 0.594. The molecule has 1 unspecified atom stereocenters. The van der Waals surface area contributed by atoms with Crippen LogP contribution in [0.2, 0.25) is 0 Å². The number of hydrogen-bond acceptors (Lipinski definition) is 4. The van der Waals surface area contributed by atoms with Crippen LogP contribution in [0.25, 0.3) is 0 Å². The third-order valence-corrected chi connectivity index (χ3v) is 6.51. The molecule has 1 N–H and O–H groups in total. The summed E-state index contributed by atoms with van der Waals surface area (Å²) in [7, 11) is 1.67. The van der Waals surface area contributed by atoms with E-state index in [0.29, 0.717) is 17.0 Å². The minimum atomic E-state index is -0.0763. The van der Waals surface area contributed by atoms with Crippen molar-refractivity contribution in [3.63, 3.8) is 0 Å². The lowest BCUT2D eigenvalue weighted by atomic mass is 10.0. The fourth-order valence-electron chi connectivity index (χ4n) is 4.00. The molecule has 1 aromatic heterocycles. The van der Waals surface area contributed by atoms with Crippen LogP contribution in [0, 0.1) is 0 Å². The van der Waals surface area contributed by atoms with Gasteiger partial charge in [0.15, 0.2) is 0 Å². The third-order valence-electron chi connectivity index (χ3n) is 5.64. The molecule has 1 saturated heterocycles. The van der Waals surface area contributed by atoms with Gasteiger partial charge >= 0.3 is 0 Å². The predicted octanol–water partition coefficient (Wildman–Crippen LogP) is 4.53. The Bertz CT molecular complexity index is 1030. The molecule has 1 fully saturated rings. The van der Waals surface area contributed by atoms with Gasteiger partial charge in [0.1, 0.15) is 5.75 Å². The first-order chi connectivity index (χ1) is 15.1. The van der Waals surface area contributed by atoms with Crippen LogP contribution >= 0.6 is 11.3 Å². The molecule has 0 saturated carbocycles. The molecule has 5 nitrogen and oxygen atoms in total. The fraction of sp³-hybridized carbons (Fsp3) is 0.280. The molecule has 2 aromatic carbocycles. The van der Waals surface area contributed by atoms with Gasteiger partial charge in [-0.3, -0.25) is 9.59 Å². The van der Waals surface area contributed by atoms with Crippen LogP contribution in [0.5, 0.6) is 5.75 Å². The van der Waals surface area contributed by atoms with Crippen LogP contribution in [-0.4, -0.2) is 36.4 Å². The molecule has 3 aromatic rings. The SMILES string of the molecule is COc1cccc(CC2CCCN2C(=O)c2ccc(CNC(=O)c3cccs3)cc2)c1. The van der Waals surface area contributed by atoms with Crippen LogP contribution in [-0.2, 0) is 13.0 Å². The number of amides is 2. The van der Waals surface area contributed by atoms with Crippen molar-refractivity contribution in [3.05, 3.63) is 87.6 Å². The van der Waals surface area contributed by atoms with Gasteiger partial charge in [-0.25, -0.2) is 0 Å². The Kier molecular flexibility index (Phi) is 6.67. The number of nitrogens with zero attached hydrogens (tertiary/aromatic N) is 1. The lowest BCUT2D eigenvalue weighted by molar-refractivity contribution is 0.0736. The maximum absolute atomic E-state index is 13.1. The molecule has 0 aliphatic carbocycles. The van der Waals surface area contributed by atoms with E-state index in [9.17, 15) is 9.59 Å². The van der Waals surface area contributed by atoms with Gasteiger partial charge in [-0.1, -0.05) is 30.3 Å². The fourth-order valence-corrected chi connectivity index (χ4v) is 4.64. The molecule has 2 amide bonds. The molecule has 1 aliphatic heterocycles. The van der Waals surface area contributed by atoms with E-state index in [2.05, 4.69) is 11.4 Å². The van der Waals surface area contributed by atoms with Crippen LogP contribution in [0.3, 0.4) is 0 Å². The Morgan fingerprint density at radius 1 is 1.10 bits per heavy atom. The van der Waals surface area contributed by atoms with Crippen molar-refractivity contribution in [1.82, 2.24) is 10.2 Å². The molecular weight excluding hydrogens is 408 g/mol. The standard InChI is InChI=1S/C25H26N2O3S/c1-30-22-7-2-5-19(16-22)15-21-6-3-13-27(21)25(29)20-11-9-18(10-12-20)17-26-24(28)23-8-4-14-31-23/h2,4-5,7-12,14,16,21H,3,6,13,15,17H2,1H3,(H,26,28). The van der Waals surface area contributed by atoms with E-state index in [0.717, 1.165) is 37.1 Å². The Balaban J connectivity index is 1.37. The monoisotopic (exact) mass is 434 g/mol. The van der Waals surface area contributed by atoms with Gasteiger partial charge in [0.25, 0.3) is 11.8 Å². The molecule has 2 heterocycles.